The quantitative estimate of drug-likeness (QED) is 0.183. The molecule has 1 aliphatic heterocycles. The van der Waals surface area contributed by atoms with Gasteiger partial charge in [0.2, 0.25) is 5.91 Å². The van der Waals surface area contributed by atoms with Crippen LogP contribution in [0.4, 0.5) is 0 Å². The Bertz CT molecular complexity index is 1450. The van der Waals surface area contributed by atoms with Crippen molar-refractivity contribution < 1.29 is 28.8 Å². The molecule has 0 spiro atoms. The van der Waals surface area contributed by atoms with Gasteiger partial charge in [0.15, 0.2) is 6.29 Å². The molecule has 0 saturated carbocycles. The number of carbonyl (C=O) groups is 1. The van der Waals surface area contributed by atoms with Gasteiger partial charge in [-0.1, -0.05) is 109 Å². The zero-order valence-electron chi connectivity index (χ0n) is 25.6. The lowest BCUT2D eigenvalue weighted by Crippen LogP contribution is -2.65. The van der Waals surface area contributed by atoms with Gasteiger partial charge in [0.05, 0.1) is 19.8 Å². The molecule has 0 radical (unpaired) electrons. The third kappa shape index (κ3) is 8.85. The highest BCUT2D eigenvalue weighted by molar-refractivity contribution is 5.76. The second kappa shape index (κ2) is 16.4. The summed E-state index contributed by atoms with van der Waals surface area (Å²) in [4.78, 5) is 12.9. The predicted molar refractivity (Wildman–Crippen MR) is 174 cm³/mol. The van der Waals surface area contributed by atoms with Gasteiger partial charge in [0, 0.05) is 13.5 Å². The minimum absolute atomic E-state index is 0.131. The van der Waals surface area contributed by atoms with Gasteiger partial charge in [-0.2, -0.15) is 0 Å². The fraction of sp³-hybridized carbons (Fsp3) is 0.324. The van der Waals surface area contributed by atoms with Crippen molar-refractivity contribution in [1.82, 2.24) is 5.32 Å². The first-order valence-corrected chi connectivity index (χ1v) is 15.4. The van der Waals surface area contributed by atoms with Gasteiger partial charge in [-0.25, -0.2) is 0 Å². The van der Waals surface area contributed by atoms with E-state index in [4.69, 9.17) is 24.7 Å². The highest BCUT2D eigenvalue weighted by Crippen LogP contribution is 2.28. The SMILES string of the molecule is COC[C@H]1OC(OCc2ccc(-c3ccccc3)cc2)[C@H](NC(=O)CCCN)[C@@H](OCc2ccc(-c3ccccc3)cc2)[C@@H]1O. The molecule has 8 nitrogen and oxygen atoms in total. The monoisotopic (exact) mass is 610 g/mol. The van der Waals surface area contributed by atoms with E-state index in [-0.39, 0.29) is 32.1 Å². The maximum Gasteiger partial charge on any atom is 0.220 e. The van der Waals surface area contributed by atoms with E-state index in [9.17, 15) is 9.90 Å². The second-order valence-electron chi connectivity index (χ2n) is 11.2. The van der Waals surface area contributed by atoms with Gasteiger partial charge in [0.1, 0.15) is 24.4 Å². The van der Waals surface area contributed by atoms with Crippen molar-refractivity contribution >= 4 is 5.91 Å². The van der Waals surface area contributed by atoms with Crippen molar-refractivity contribution in [2.45, 2.75) is 56.7 Å². The Hall–Kier alpha value is -3.89. The molecule has 4 aromatic rings. The zero-order chi connectivity index (χ0) is 31.4. The number of nitrogens with two attached hydrogens (primary N) is 1. The number of ether oxygens (including phenoxy) is 4. The van der Waals surface area contributed by atoms with Crippen LogP contribution in [-0.2, 0) is 37.0 Å². The van der Waals surface area contributed by atoms with Crippen LogP contribution in [0.5, 0.6) is 0 Å². The maximum absolute atomic E-state index is 12.9. The van der Waals surface area contributed by atoms with Crippen LogP contribution in [0.3, 0.4) is 0 Å². The van der Waals surface area contributed by atoms with Crippen LogP contribution in [0, 0.1) is 0 Å². The third-order valence-electron chi connectivity index (χ3n) is 7.92. The molecular weight excluding hydrogens is 568 g/mol. The zero-order valence-corrected chi connectivity index (χ0v) is 25.6. The molecule has 4 N–H and O–H groups in total. The molecule has 1 aliphatic rings. The van der Waals surface area contributed by atoms with E-state index in [0.717, 1.165) is 33.4 Å². The number of rotatable bonds is 14. The van der Waals surface area contributed by atoms with E-state index >= 15 is 0 Å². The molecule has 45 heavy (non-hydrogen) atoms. The number of carbonyl (C=O) groups excluding carboxylic acids is 1. The van der Waals surface area contributed by atoms with E-state index in [1.54, 1.807) is 7.11 Å². The normalized spacial score (nSPS) is 21.4. The standard InChI is InChI=1S/C37H42N2O6/c1-42-25-32-35(41)36(43-23-26-14-18-30(19-15-26)28-9-4-2-5-10-28)34(39-33(40)13-8-22-38)37(45-32)44-24-27-16-20-31(21-17-27)29-11-6-3-7-12-29/h2-7,9-12,14-21,32,34-37,41H,8,13,22-25,38H2,1H3,(H,39,40)/t32-,34-,35-,36-,37?/m1/s1. The average Bonchev–Trinajstić information content (AvgIpc) is 3.09. The van der Waals surface area contributed by atoms with Gasteiger partial charge in [-0.15, -0.1) is 0 Å². The van der Waals surface area contributed by atoms with Crippen LogP contribution in [0.25, 0.3) is 22.3 Å². The first kappa shape index (κ1) is 32.5. The summed E-state index contributed by atoms with van der Waals surface area (Å²) >= 11 is 0. The smallest absolute Gasteiger partial charge is 0.220 e. The summed E-state index contributed by atoms with van der Waals surface area (Å²) in [6.45, 7) is 0.981. The number of amides is 1. The number of nitrogens with one attached hydrogen (secondary N) is 1. The summed E-state index contributed by atoms with van der Waals surface area (Å²) in [5, 5.41) is 14.4. The van der Waals surface area contributed by atoms with Crippen LogP contribution in [0.2, 0.25) is 0 Å². The average molecular weight is 611 g/mol. The van der Waals surface area contributed by atoms with E-state index in [2.05, 4.69) is 29.6 Å². The van der Waals surface area contributed by atoms with Crippen LogP contribution in [-0.4, -0.2) is 61.9 Å². The maximum atomic E-state index is 12.9. The minimum atomic E-state index is -1.07. The Kier molecular flexibility index (Phi) is 11.9. The predicted octanol–water partition coefficient (Wildman–Crippen LogP) is 5.08. The molecular formula is C37H42N2O6. The van der Waals surface area contributed by atoms with Crippen molar-refractivity contribution in [3.05, 3.63) is 120 Å². The number of benzene rings is 4. The molecule has 1 amide bonds. The molecule has 1 unspecified atom stereocenters. The van der Waals surface area contributed by atoms with E-state index < -0.39 is 30.6 Å². The van der Waals surface area contributed by atoms with Crippen molar-refractivity contribution in [2.24, 2.45) is 5.73 Å². The minimum Gasteiger partial charge on any atom is -0.388 e. The molecule has 0 aliphatic carbocycles. The summed E-state index contributed by atoms with van der Waals surface area (Å²) in [6, 6.07) is 35.7. The number of aliphatic hydroxyl groups excluding tert-OH is 1. The molecule has 8 heteroatoms. The van der Waals surface area contributed by atoms with Gasteiger partial charge in [-0.3, -0.25) is 4.79 Å². The summed E-state index contributed by atoms with van der Waals surface area (Å²) in [6.07, 6.45) is -2.73. The Morgan fingerprint density at radius 3 is 1.80 bits per heavy atom. The van der Waals surface area contributed by atoms with Crippen molar-refractivity contribution in [3.63, 3.8) is 0 Å². The lowest BCUT2D eigenvalue weighted by atomic mass is 9.96. The van der Waals surface area contributed by atoms with Gasteiger partial charge < -0.3 is 35.1 Å². The molecule has 1 saturated heterocycles. The van der Waals surface area contributed by atoms with E-state index in [0.29, 0.717) is 13.0 Å². The topological polar surface area (TPSA) is 112 Å². The second-order valence-corrected chi connectivity index (χ2v) is 11.2. The van der Waals surface area contributed by atoms with Crippen molar-refractivity contribution in [1.29, 1.82) is 0 Å². The lowest BCUT2D eigenvalue weighted by molar-refractivity contribution is -0.282. The summed E-state index contributed by atoms with van der Waals surface area (Å²) < 4.78 is 24.2. The van der Waals surface area contributed by atoms with E-state index in [1.165, 1.54) is 0 Å². The lowest BCUT2D eigenvalue weighted by Gasteiger charge is -2.44. The molecule has 0 aromatic heterocycles. The van der Waals surface area contributed by atoms with Crippen molar-refractivity contribution in [2.75, 3.05) is 20.3 Å². The molecule has 236 valence electrons. The van der Waals surface area contributed by atoms with Crippen LogP contribution in [0.15, 0.2) is 109 Å². The number of hydrogen-bond acceptors (Lipinski definition) is 7. The Balaban J connectivity index is 1.32. The highest BCUT2D eigenvalue weighted by Gasteiger charge is 2.47. The molecule has 4 aromatic carbocycles. The van der Waals surface area contributed by atoms with Crippen LogP contribution >= 0.6 is 0 Å². The summed E-state index contributed by atoms with van der Waals surface area (Å²) in [7, 11) is 1.55. The van der Waals surface area contributed by atoms with Crippen LogP contribution < -0.4 is 11.1 Å². The van der Waals surface area contributed by atoms with Gasteiger partial charge in [-0.05, 0) is 46.3 Å². The van der Waals surface area contributed by atoms with Crippen LogP contribution in [0.1, 0.15) is 24.0 Å². The number of aliphatic hydroxyl groups is 1. The van der Waals surface area contributed by atoms with Gasteiger partial charge >= 0.3 is 0 Å². The Morgan fingerprint density at radius 2 is 1.29 bits per heavy atom. The highest BCUT2D eigenvalue weighted by atomic mass is 16.7. The summed E-state index contributed by atoms with van der Waals surface area (Å²) in [5.74, 6) is -0.215. The third-order valence-corrected chi connectivity index (χ3v) is 7.92. The number of methoxy groups -OCH3 is 1. The summed E-state index contributed by atoms with van der Waals surface area (Å²) in [5.41, 5.74) is 12.0. The number of hydrogen-bond donors (Lipinski definition) is 3. The largest absolute Gasteiger partial charge is 0.388 e. The fourth-order valence-electron chi connectivity index (χ4n) is 5.45. The molecule has 0 bridgehead atoms. The first-order valence-electron chi connectivity index (χ1n) is 15.4. The Labute approximate surface area is 265 Å². The molecule has 5 atom stereocenters. The van der Waals surface area contributed by atoms with E-state index in [1.807, 2.05) is 84.9 Å². The molecule has 1 fully saturated rings. The molecule has 1 heterocycles. The fourth-order valence-corrected chi connectivity index (χ4v) is 5.45. The molecule has 5 rings (SSSR count). The van der Waals surface area contributed by atoms with Gasteiger partial charge in [0.25, 0.3) is 0 Å². The van der Waals surface area contributed by atoms with Crippen molar-refractivity contribution in [3.8, 4) is 22.3 Å². The Morgan fingerprint density at radius 1 is 0.778 bits per heavy atom. The first-order chi connectivity index (χ1) is 22.1.